The van der Waals surface area contributed by atoms with Gasteiger partial charge in [0.05, 0.1) is 6.20 Å². The number of aromatic nitrogens is 2. The van der Waals surface area contributed by atoms with E-state index in [1.54, 1.807) is 0 Å². The molecule has 2 fully saturated rings. The number of ether oxygens (including phenoxy) is 1. The second-order valence-corrected chi connectivity index (χ2v) is 4.76. The molecule has 82 valence electrons. The van der Waals surface area contributed by atoms with E-state index in [0.29, 0.717) is 11.2 Å². The normalized spacial score (nSPS) is 26.9. The van der Waals surface area contributed by atoms with Crippen molar-refractivity contribution in [1.82, 2.24) is 9.55 Å². The quantitative estimate of drug-likeness (QED) is 0.775. The molecule has 2 heterocycles. The Labute approximate surface area is 94.4 Å². The van der Waals surface area contributed by atoms with Crippen LogP contribution in [0, 0.1) is 0 Å². The molecule has 1 aliphatic carbocycles. The van der Waals surface area contributed by atoms with Crippen molar-refractivity contribution in [3.8, 4) is 0 Å². The van der Waals surface area contributed by atoms with Crippen LogP contribution < -0.4 is 0 Å². The van der Waals surface area contributed by atoms with Gasteiger partial charge in [-0.15, -0.1) is 0 Å². The third kappa shape index (κ3) is 1.79. The van der Waals surface area contributed by atoms with Crippen LogP contribution in [0.2, 0.25) is 5.28 Å². The molecule has 15 heavy (non-hydrogen) atoms. The lowest BCUT2D eigenvalue weighted by atomic mass is 10.2. The van der Waals surface area contributed by atoms with Gasteiger partial charge in [0.2, 0.25) is 5.28 Å². The zero-order valence-electron chi connectivity index (χ0n) is 8.66. The molecule has 0 N–H and O–H groups in total. The molecule has 0 aromatic carbocycles. The lowest BCUT2D eigenvalue weighted by Gasteiger charge is -2.26. The molecule has 2 aliphatic rings. The first-order chi connectivity index (χ1) is 7.36. The molecular formula is C11H15ClN2O. The predicted octanol–water partition coefficient (Wildman–Crippen LogP) is 3.11. The van der Waals surface area contributed by atoms with Crippen LogP contribution in [-0.4, -0.2) is 16.2 Å². The van der Waals surface area contributed by atoms with Crippen molar-refractivity contribution in [1.29, 1.82) is 0 Å². The number of imidazole rings is 1. The molecule has 3 nitrogen and oxygen atoms in total. The van der Waals surface area contributed by atoms with E-state index in [4.69, 9.17) is 16.3 Å². The van der Waals surface area contributed by atoms with E-state index < -0.39 is 0 Å². The minimum atomic E-state index is 0.129. The Kier molecular flexibility index (Phi) is 2.45. The summed E-state index contributed by atoms with van der Waals surface area (Å²) in [7, 11) is 0. The van der Waals surface area contributed by atoms with E-state index in [1.165, 1.54) is 31.4 Å². The summed E-state index contributed by atoms with van der Waals surface area (Å²) >= 11 is 6.12. The fourth-order valence-corrected chi connectivity index (χ4v) is 2.50. The Morgan fingerprint density at radius 3 is 2.87 bits per heavy atom. The summed E-state index contributed by atoms with van der Waals surface area (Å²) in [6.07, 6.45) is 8.05. The topological polar surface area (TPSA) is 27.1 Å². The van der Waals surface area contributed by atoms with Crippen LogP contribution in [-0.2, 0) is 4.74 Å². The maximum Gasteiger partial charge on any atom is 0.205 e. The highest BCUT2D eigenvalue weighted by molar-refractivity contribution is 6.28. The zero-order valence-corrected chi connectivity index (χ0v) is 9.41. The number of hydrogen-bond donors (Lipinski definition) is 0. The Morgan fingerprint density at radius 1 is 1.33 bits per heavy atom. The van der Waals surface area contributed by atoms with E-state index in [-0.39, 0.29) is 6.23 Å². The van der Waals surface area contributed by atoms with Gasteiger partial charge in [-0.2, -0.15) is 0 Å². The van der Waals surface area contributed by atoms with Crippen molar-refractivity contribution >= 4 is 11.6 Å². The molecular weight excluding hydrogens is 212 g/mol. The van der Waals surface area contributed by atoms with Crippen molar-refractivity contribution < 1.29 is 4.74 Å². The maximum absolute atomic E-state index is 6.12. The summed E-state index contributed by atoms with van der Waals surface area (Å²) in [6, 6.07) is 0. The van der Waals surface area contributed by atoms with E-state index >= 15 is 0 Å². The van der Waals surface area contributed by atoms with Crippen molar-refractivity contribution in [3.05, 3.63) is 17.2 Å². The predicted molar refractivity (Wildman–Crippen MR) is 58.1 cm³/mol. The van der Waals surface area contributed by atoms with Crippen LogP contribution in [0.5, 0.6) is 0 Å². The molecule has 4 heteroatoms. The minimum Gasteiger partial charge on any atom is -0.358 e. The molecule has 1 atom stereocenters. The van der Waals surface area contributed by atoms with Gasteiger partial charge < -0.3 is 4.74 Å². The second kappa shape index (κ2) is 3.80. The smallest absolute Gasteiger partial charge is 0.205 e. The summed E-state index contributed by atoms with van der Waals surface area (Å²) in [5.41, 5.74) is 1.27. The van der Waals surface area contributed by atoms with Gasteiger partial charge in [-0.3, -0.25) is 4.57 Å². The molecule has 0 radical (unpaired) electrons. The summed E-state index contributed by atoms with van der Waals surface area (Å²) in [4.78, 5) is 4.20. The second-order valence-electron chi connectivity index (χ2n) is 4.42. The van der Waals surface area contributed by atoms with Crippen LogP contribution >= 0.6 is 11.6 Å². The highest BCUT2D eigenvalue weighted by atomic mass is 35.5. The Balaban J connectivity index is 1.90. The molecule has 1 saturated heterocycles. The molecule has 3 rings (SSSR count). The SMILES string of the molecule is Clc1ncc(C2CC2)n1C1CCCCO1. The van der Waals surface area contributed by atoms with Crippen LogP contribution in [0.3, 0.4) is 0 Å². The third-order valence-electron chi connectivity index (χ3n) is 3.22. The van der Waals surface area contributed by atoms with Crippen molar-refractivity contribution in [2.24, 2.45) is 0 Å². The van der Waals surface area contributed by atoms with Crippen molar-refractivity contribution in [3.63, 3.8) is 0 Å². The van der Waals surface area contributed by atoms with Crippen LogP contribution in [0.25, 0.3) is 0 Å². The molecule has 0 amide bonds. The maximum atomic E-state index is 6.12. The van der Waals surface area contributed by atoms with Crippen molar-refractivity contribution in [2.45, 2.75) is 44.2 Å². The van der Waals surface area contributed by atoms with E-state index in [1.807, 2.05) is 6.20 Å². The van der Waals surface area contributed by atoms with Gasteiger partial charge in [-0.1, -0.05) is 0 Å². The standard InChI is InChI=1S/C11H15ClN2O/c12-11-13-7-9(8-4-5-8)14(11)10-3-1-2-6-15-10/h7-8,10H,1-6H2. The molecule has 0 spiro atoms. The minimum absolute atomic E-state index is 0.129. The lowest BCUT2D eigenvalue weighted by molar-refractivity contribution is -0.0333. The van der Waals surface area contributed by atoms with Gasteiger partial charge in [-0.05, 0) is 43.7 Å². The number of nitrogens with zero attached hydrogens (tertiary/aromatic N) is 2. The van der Waals surface area contributed by atoms with Crippen LogP contribution in [0.4, 0.5) is 0 Å². The Morgan fingerprint density at radius 2 is 2.20 bits per heavy atom. The van der Waals surface area contributed by atoms with Crippen LogP contribution in [0.15, 0.2) is 6.20 Å². The van der Waals surface area contributed by atoms with E-state index in [0.717, 1.165) is 13.0 Å². The summed E-state index contributed by atoms with van der Waals surface area (Å²) in [5.74, 6) is 0.676. The van der Waals surface area contributed by atoms with Crippen LogP contribution in [0.1, 0.15) is 49.9 Å². The van der Waals surface area contributed by atoms with Crippen molar-refractivity contribution in [2.75, 3.05) is 6.61 Å². The third-order valence-corrected chi connectivity index (χ3v) is 3.50. The van der Waals surface area contributed by atoms with Gasteiger partial charge in [-0.25, -0.2) is 4.98 Å². The summed E-state index contributed by atoms with van der Waals surface area (Å²) < 4.78 is 7.86. The Hall–Kier alpha value is -0.540. The van der Waals surface area contributed by atoms with E-state index in [2.05, 4.69) is 9.55 Å². The largest absolute Gasteiger partial charge is 0.358 e. The first-order valence-corrected chi connectivity index (χ1v) is 6.08. The van der Waals surface area contributed by atoms with Gasteiger partial charge in [0.1, 0.15) is 6.23 Å². The first kappa shape index (κ1) is 9.67. The Bertz CT molecular complexity index is 353. The van der Waals surface area contributed by atoms with Gasteiger partial charge >= 0.3 is 0 Å². The molecule has 1 aliphatic heterocycles. The highest BCUT2D eigenvalue weighted by Crippen LogP contribution is 2.42. The average Bonchev–Trinajstić information content (AvgIpc) is 3.04. The summed E-state index contributed by atoms with van der Waals surface area (Å²) in [5, 5.41) is 0.587. The van der Waals surface area contributed by atoms with Gasteiger partial charge in [0.25, 0.3) is 0 Å². The van der Waals surface area contributed by atoms with E-state index in [9.17, 15) is 0 Å². The molecule has 1 unspecified atom stereocenters. The fraction of sp³-hybridized carbons (Fsp3) is 0.727. The molecule has 1 aromatic heterocycles. The number of halogens is 1. The fourth-order valence-electron chi connectivity index (χ4n) is 2.24. The molecule has 1 saturated carbocycles. The zero-order chi connectivity index (χ0) is 10.3. The summed E-state index contributed by atoms with van der Waals surface area (Å²) in [6.45, 7) is 0.850. The monoisotopic (exact) mass is 226 g/mol. The molecule has 0 bridgehead atoms. The average molecular weight is 227 g/mol. The van der Waals surface area contributed by atoms with Gasteiger partial charge in [0.15, 0.2) is 0 Å². The number of hydrogen-bond acceptors (Lipinski definition) is 2. The number of rotatable bonds is 2. The highest BCUT2D eigenvalue weighted by Gasteiger charge is 2.31. The molecule has 1 aromatic rings. The lowest BCUT2D eigenvalue weighted by Crippen LogP contribution is -2.19. The van der Waals surface area contributed by atoms with Gasteiger partial charge in [0, 0.05) is 18.2 Å². The first-order valence-electron chi connectivity index (χ1n) is 5.70.